The summed E-state index contributed by atoms with van der Waals surface area (Å²) in [5.41, 5.74) is 4.27. The molecule has 112 valence electrons. The fourth-order valence-electron chi connectivity index (χ4n) is 3.09. The van der Waals surface area contributed by atoms with Crippen molar-refractivity contribution in [3.05, 3.63) is 72.3 Å². The van der Waals surface area contributed by atoms with Crippen LogP contribution in [0.4, 0.5) is 0 Å². The minimum absolute atomic E-state index is 0.332. The molecule has 23 heavy (non-hydrogen) atoms. The predicted octanol–water partition coefficient (Wildman–Crippen LogP) is 4.77. The second-order valence-corrected chi connectivity index (χ2v) is 5.44. The minimum Gasteiger partial charge on any atom is -0.465 e. The molecule has 4 rings (SSSR count). The Kier molecular flexibility index (Phi) is 3.12. The number of hydrogen-bond donors (Lipinski definition) is 1. The summed E-state index contributed by atoms with van der Waals surface area (Å²) < 4.78 is 5.04. The van der Waals surface area contributed by atoms with E-state index in [0.717, 1.165) is 32.9 Å². The quantitative estimate of drug-likeness (QED) is 0.542. The zero-order chi connectivity index (χ0) is 15.8. The smallest absolute Gasteiger partial charge is 0.340 e. The summed E-state index contributed by atoms with van der Waals surface area (Å²) in [4.78, 5) is 15.8. The Labute approximate surface area is 133 Å². The molecule has 0 unspecified atom stereocenters. The Balaban J connectivity index is 2.12. The summed E-state index contributed by atoms with van der Waals surface area (Å²) in [5.74, 6) is -0.332. The number of ether oxygens (including phenoxy) is 1. The van der Waals surface area contributed by atoms with E-state index in [1.807, 2.05) is 54.6 Å². The third kappa shape index (κ3) is 2.09. The van der Waals surface area contributed by atoms with E-state index >= 15 is 0 Å². The van der Waals surface area contributed by atoms with Crippen LogP contribution >= 0.6 is 0 Å². The molecule has 3 nitrogen and oxygen atoms in total. The van der Waals surface area contributed by atoms with E-state index in [4.69, 9.17) is 4.74 Å². The fourth-order valence-corrected chi connectivity index (χ4v) is 3.09. The second kappa shape index (κ2) is 5.29. The Morgan fingerprint density at radius 1 is 0.870 bits per heavy atom. The molecule has 0 saturated carbocycles. The molecule has 1 N–H and O–H groups in total. The van der Waals surface area contributed by atoms with Gasteiger partial charge in [-0.15, -0.1) is 0 Å². The normalized spacial score (nSPS) is 11.0. The number of aromatic amines is 1. The largest absolute Gasteiger partial charge is 0.465 e. The lowest BCUT2D eigenvalue weighted by Gasteiger charge is -2.09. The molecule has 0 aliphatic rings. The summed E-state index contributed by atoms with van der Waals surface area (Å²) in [7, 11) is 1.42. The summed E-state index contributed by atoms with van der Waals surface area (Å²) in [6.07, 6.45) is 0. The fraction of sp³-hybridized carbons (Fsp3) is 0.0500. The number of carbonyl (C=O) groups is 1. The number of hydrogen-bond acceptors (Lipinski definition) is 2. The first kappa shape index (κ1) is 13.6. The predicted molar refractivity (Wildman–Crippen MR) is 92.6 cm³/mol. The maximum Gasteiger partial charge on any atom is 0.340 e. The van der Waals surface area contributed by atoms with Crippen molar-refractivity contribution >= 4 is 27.8 Å². The van der Waals surface area contributed by atoms with Gasteiger partial charge in [-0.05, 0) is 17.2 Å². The lowest BCUT2D eigenvalue weighted by molar-refractivity contribution is 0.0603. The topological polar surface area (TPSA) is 42.1 Å². The van der Waals surface area contributed by atoms with Crippen LogP contribution in [0.1, 0.15) is 10.4 Å². The lowest BCUT2D eigenvalue weighted by atomic mass is 9.97. The van der Waals surface area contributed by atoms with Crippen LogP contribution in [0.15, 0.2) is 66.7 Å². The molecular weight excluding hydrogens is 286 g/mol. The van der Waals surface area contributed by atoms with E-state index in [-0.39, 0.29) is 5.97 Å². The van der Waals surface area contributed by atoms with Crippen molar-refractivity contribution in [2.45, 2.75) is 0 Å². The molecule has 0 saturated heterocycles. The SMILES string of the molecule is COC(=O)c1c(-c2ccccc2)ccc2c1[nH]c1ccccc12. The van der Waals surface area contributed by atoms with Gasteiger partial charge in [-0.1, -0.05) is 60.7 Å². The first-order valence-corrected chi connectivity index (χ1v) is 7.47. The van der Waals surface area contributed by atoms with Crippen molar-refractivity contribution < 1.29 is 9.53 Å². The molecule has 3 aromatic carbocycles. The van der Waals surface area contributed by atoms with Crippen LogP contribution in [0.25, 0.3) is 32.9 Å². The van der Waals surface area contributed by atoms with Crippen LogP contribution in [-0.2, 0) is 4.74 Å². The number of para-hydroxylation sites is 1. The Morgan fingerprint density at radius 3 is 2.39 bits per heavy atom. The molecule has 0 radical (unpaired) electrons. The maximum atomic E-state index is 12.5. The van der Waals surface area contributed by atoms with Crippen molar-refractivity contribution in [3.63, 3.8) is 0 Å². The maximum absolute atomic E-state index is 12.5. The van der Waals surface area contributed by atoms with Gasteiger partial charge in [0, 0.05) is 16.3 Å². The number of aromatic nitrogens is 1. The molecule has 0 spiro atoms. The van der Waals surface area contributed by atoms with Gasteiger partial charge in [-0.25, -0.2) is 4.79 Å². The molecule has 1 aromatic heterocycles. The van der Waals surface area contributed by atoms with E-state index in [2.05, 4.69) is 17.1 Å². The van der Waals surface area contributed by atoms with Gasteiger partial charge >= 0.3 is 5.97 Å². The van der Waals surface area contributed by atoms with E-state index in [1.165, 1.54) is 7.11 Å². The van der Waals surface area contributed by atoms with Gasteiger partial charge < -0.3 is 9.72 Å². The summed E-state index contributed by atoms with van der Waals surface area (Å²) in [5, 5.41) is 2.13. The third-order valence-electron chi connectivity index (χ3n) is 4.16. The van der Waals surface area contributed by atoms with E-state index in [0.29, 0.717) is 5.56 Å². The van der Waals surface area contributed by atoms with Gasteiger partial charge in [0.05, 0.1) is 18.2 Å². The monoisotopic (exact) mass is 301 g/mol. The van der Waals surface area contributed by atoms with E-state index in [9.17, 15) is 4.79 Å². The highest BCUT2D eigenvalue weighted by molar-refractivity contribution is 6.17. The third-order valence-corrected chi connectivity index (χ3v) is 4.16. The number of benzene rings is 3. The summed E-state index contributed by atoms with van der Waals surface area (Å²) in [6.45, 7) is 0. The zero-order valence-electron chi connectivity index (χ0n) is 12.7. The molecular formula is C20H15NO2. The highest BCUT2D eigenvalue weighted by Crippen LogP contribution is 2.34. The lowest BCUT2D eigenvalue weighted by Crippen LogP contribution is -2.04. The number of esters is 1. The Bertz CT molecular complexity index is 1020. The highest BCUT2D eigenvalue weighted by atomic mass is 16.5. The minimum atomic E-state index is -0.332. The highest BCUT2D eigenvalue weighted by Gasteiger charge is 2.19. The summed E-state index contributed by atoms with van der Waals surface area (Å²) in [6, 6.07) is 22.0. The van der Waals surface area contributed by atoms with Gasteiger partial charge in [-0.2, -0.15) is 0 Å². The second-order valence-electron chi connectivity index (χ2n) is 5.44. The standard InChI is InChI=1S/C20H15NO2/c1-23-20(22)18-14(13-7-3-2-4-8-13)11-12-16-15-9-5-6-10-17(15)21-19(16)18/h2-12,21H,1H3. The van der Waals surface area contributed by atoms with Crippen LogP contribution in [0, 0.1) is 0 Å². The van der Waals surface area contributed by atoms with Gasteiger partial charge in [0.2, 0.25) is 0 Å². The van der Waals surface area contributed by atoms with Gasteiger partial charge in [0.1, 0.15) is 0 Å². The van der Waals surface area contributed by atoms with Gasteiger partial charge in [0.25, 0.3) is 0 Å². The van der Waals surface area contributed by atoms with Gasteiger partial charge in [-0.3, -0.25) is 0 Å². The van der Waals surface area contributed by atoms with E-state index in [1.54, 1.807) is 0 Å². The molecule has 0 fully saturated rings. The molecule has 0 bridgehead atoms. The number of carbonyl (C=O) groups excluding carboxylic acids is 1. The number of rotatable bonds is 2. The average molecular weight is 301 g/mol. The average Bonchev–Trinajstić information content (AvgIpc) is 2.99. The first-order valence-electron chi connectivity index (χ1n) is 7.47. The van der Waals surface area contributed by atoms with Gasteiger partial charge in [0.15, 0.2) is 0 Å². The van der Waals surface area contributed by atoms with Crippen LogP contribution in [0.3, 0.4) is 0 Å². The van der Waals surface area contributed by atoms with Crippen molar-refractivity contribution in [1.82, 2.24) is 4.98 Å². The van der Waals surface area contributed by atoms with Crippen LogP contribution in [0.5, 0.6) is 0 Å². The first-order chi connectivity index (χ1) is 11.3. The van der Waals surface area contributed by atoms with Crippen LogP contribution in [-0.4, -0.2) is 18.1 Å². The Morgan fingerprint density at radius 2 is 1.61 bits per heavy atom. The number of nitrogens with one attached hydrogen (secondary N) is 1. The van der Waals surface area contributed by atoms with Crippen molar-refractivity contribution in [1.29, 1.82) is 0 Å². The molecule has 3 heteroatoms. The number of methoxy groups -OCH3 is 1. The van der Waals surface area contributed by atoms with Crippen molar-refractivity contribution in [3.8, 4) is 11.1 Å². The van der Waals surface area contributed by atoms with Crippen molar-refractivity contribution in [2.75, 3.05) is 7.11 Å². The molecule has 0 aliphatic carbocycles. The van der Waals surface area contributed by atoms with E-state index < -0.39 is 0 Å². The number of fused-ring (bicyclic) bond motifs is 3. The van der Waals surface area contributed by atoms with Crippen LogP contribution < -0.4 is 0 Å². The zero-order valence-corrected chi connectivity index (χ0v) is 12.7. The molecule has 0 atom stereocenters. The van der Waals surface area contributed by atoms with Crippen molar-refractivity contribution in [2.24, 2.45) is 0 Å². The summed E-state index contributed by atoms with van der Waals surface area (Å²) >= 11 is 0. The molecule has 0 aliphatic heterocycles. The Hall–Kier alpha value is -3.07. The number of H-pyrrole nitrogens is 1. The van der Waals surface area contributed by atoms with Crippen LogP contribution in [0.2, 0.25) is 0 Å². The molecule has 4 aromatic rings. The molecule has 1 heterocycles. The molecule has 0 amide bonds.